The van der Waals surface area contributed by atoms with Gasteiger partial charge in [0.1, 0.15) is 5.82 Å². The molecule has 1 rings (SSSR count). The Morgan fingerprint density at radius 1 is 1.27 bits per heavy atom. The van der Waals surface area contributed by atoms with Crippen LogP contribution in [0.4, 0.5) is 0 Å². The van der Waals surface area contributed by atoms with Crippen molar-refractivity contribution in [2.45, 2.75) is 39.2 Å². The Labute approximate surface area is 95.6 Å². The molecule has 15 heavy (non-hydrogen) atoms. The van der Waals surface area contributed by atoms with E-state index < -0.39 is 0 Å². The SMILES string of the molecule is CCc1nnc(Cl)n1CCCCCOC. The van der Waals surface area contributed by atoms with Gasteiger partial charge in [0, 0.05) is 26.7 Å². The Hall–Kier alpha value is -0.610. The summed E-state index contributed by atoms with van der Waals surface area (Å²) in [6.45, 7) is 3.79. The molecule has 0 aliphatic rings. The number of hydrogen-bond acceptors (Lipinski definition) is 3. The van der Waals surface area contributed by atoms with Gasteiger partial charge in [-0.3, -0.25) is 0 Å². The van der Waals surface area contributed by atoms with Gasteiger partial charge in [-0.2, -0.15) is 0 Å². The topological polar surface area (TPSA) is 39.9 Å². The van der Waals surface area contributed by atoms with Gasteiger partial charge in [-0.25, -0.2) is 0 Å². The molecule has 0 unspecified atom stereocenters. The quantitative estimate of drug-likeness (QED) is 0.676. The molecule has 0 bridgehead atoms. The minimum Gasteiger partial charge on any atom is -0.385 e. The lowest BCUT2D eigenvalue weighted by Crippen LogP contribution is -2.03. The molecule has 4 nitrogen and oxygen atoms in total. The van der Waals surface area contributed by atoms with Crippen LogP contribution in [-0.2, 0) is 17.7 Å². The molecule has 0 amide bonds. The molecule has 0 spiro atoms. The fourth-order valence-corrected chi connectivity index (χ4v) is 1.71. The number of rotatable bonds is 7. The molecule has 0 radical (unpaired) electrons. The van der Waals surface area contributed by atoms with Gasteiger partial charge < -0.3 is 9.30 Å². The molecule has 0 atom stereocenters. The van der Waals surface area contributed by atoms with Gasteiger partial charge in [-0.05, 0) is 30.9 Å². The molecule has 0 aliphatic heterocycles. The normalized spacial score (nSPS) is 10.9. The molecular weight excluding hydrogens is 214 g/mol. The summed E-state index contributed by atoms with van der Waals surface area (Å²) in [5.74, 6) is 0.965. The molecule has 0 aromatic carbocycles. The highest BCUT2D eigenvalue weighted by Crippen LogP contribution is 2.10. The van der Waals surface area contributed by atoms with Crippen molar-refractivity contribution in [2.24, 2.45) is 0 Å². The molecule has 86 valence electrons. The van der Waals surface area contributed by atoms with E-state index in [4.69, 9.17) is 16.3 Å². The van der Waals surface area contributed by atoms with Gasteiger partial charge in [0.25, 0.3) is 0 Å². The van der Waals surface area contributed by atoms with Crippen LogP contribution >= 0.6 is 11.6 Å². The third-order valence-electron chi connectivity index (χ3n) is 2.33. The minimum atomic E-state index is 0.499. The number of methoxy groups -OCH3 is 1. The first-order valence-electron chi connectivity index (χ1n) is 5.36. The van der Waals surface area contributed by atoms with Crippen LogP contribution in [-0.4, -0.2) is 28.5 Å². The smallest absolute Gasteiger partial charge is 0.225 e. The highest BCUT2D eigenvalue weighted by Gasteiger charge is 2.07. The first-order valence-corrected chi connectivity index (χ1v) is 5.74. The lowest BCUT2D eigenvalue weighted by molar-refractivity contribution is 0.191. The van der Waals surface area contributed by atoms with E-state index in [0.717, 1.165) is 44.7 Å². The van der Waals surface area contributed by atoms with Crippen LogP contribution in [0.25, 0.3) is 0 Å². The maximum Gasteiger partial charge on any atom is 0.225 e. The Balaban J connectivity index is 2.33. The standard InChI is InChI=1S/C10H18ClN3O/c1-3-9-12-13-10(11)14(9)7-5-4-6-8-15-2/h3-8H2,1-2H3. The molecule has 0 saturated carbocycles. The van der Waals surface area contributed by atoms with Crippen molar-refractivity contribution in [1.29, 1.82) is 0 Å². The maximum absolute atomic E-state index is 5.93. The lowest BCUT2D eigenvalue weighted by Gasteiger charge is -2.05. The second-order valence-corrected chi connectivity index (χ2v) is 3.78. The molecule has 1 heterocycles. The maximum atomic E-state index is 5.93. The highest BCUT2D eigenvalue weighted by molar-refractivity contribution is 6.28. The molecule has 1 aromatic heterocycles. The van der Waals surface area contributed by atoms with Crippen molar-refractivity contribution in [2.75, 3.05) is 13.7 Å². The second-order valence-electron chi connectivity index (χ2n) is 3.44. The number of aryl methyl sites for hydroxylation is 1. The predicted molar refractivity (Wildman–Crippen MR) is 60.1 cm³/mol. The average molecular weight is 232 g/mol. The third kappa shape index (κ3) is 3.80. The van der Waals surface area contributed by atoms with E-state index in [1.807, 2.05) is 4.57 Å². The van der Waals surface area contributed by atoms with Crippen molar-refractivity contribution in [3.63, 3.8) is 0 Å². The van der Waals surface area contributed by atoms with E-state index in [1.165, 1.54) is 0 Å². The lowest BCUT2D eigenvalue weighted by atomic mass is 10.2. The highest BCUT2D eigenvalue weighted by atomic mass is 35.5. The van der Waals surface area contributed by atoms with E-state index in [1.54, 1.807) is 7.11 Å². The first-order chi connectivity index (χ1) is 7.29. The van der Waals surface area contributed by atoms with Crippen molar-refractivity contribution in [1.82, 2.24) is 14.8 Å². The third-order valence-corrected chi connectivity index (χ3v) is 2.61. The number of hydrogen-bond donors (Lipinski definition) is 0. The van der Waals surface area contributed by atoms with Crippen molar-refractivity contribution in [3.8, 4) is 0 Å². The van der Waals surface area contributed by atoms with Crippen LogP contribution in [0, 0.1) is 0 Å². The monoisotopic (exact) mass is 231 g/mol. The van der Waals surface area contributed by atoms with Gasteiger partial charge >= 0.3 is 0 Å². The Bertz CT molecular complexity index is 288. The summed E-state index contributed by atoms with van der Waals surface area (Å²) in [6, 6.07) is 0. The molecule has 0 N–H and O–H groups in total. The Morgan fingerprint density at radius 3 is 2.73 bits per heavy atom. The fraction of sp³-hybridized carbons (Fsp3) is 0.800. The molecule has 0 aliphatic carbocycles. The number of unbranched alkanes of at least 4 members (excludes halogenated alkanes) is 2. The van der Waals surface area contributed by atoms with Crippen LogP contribution in [0.3, 0.4) is 0 Å². The summed E-state index contributed by atoms with van der Waals surface area (Å²) in [5, 5.41) is 8.36. The molecule has 1 aromatic rings. The molecular formula is C10H18ClN3O. The summed E-state index contributed by atoms with van der Waals surface area (Å²) in [7, 11) is 1.73. The molecule has 0 saturated heterocycles. The largest absolute Gasteiger partial charge is 0.385 e. The van der Waals surface area contributed by atoms with Crippen molar-refractivity contribution in [3.05, 3.63) is 11.1 Å². The van der Waals surface area contributed by atoms with Gasteiger partial charge in [-0.1, -0.05) is 6.92 Å². The van der Waals surface area contributed by atoms with E-state index in [-0.39, 0.29) is 0 Å². The zero-order valence-corrected chi connectivity index (χ0v) is 10.1. The zero-order chi connectivity index (χ0) is 11.1. The van der Waals surface area contributed by atoms with Crippen molar-refractivity contribution < 1.29 is 4.74 Å². The van der Waals surface area contributed by atoms with Gasteiger partial charge in [0.15, 0.2) is 0 Å². The van der Waals surface area contributed by atoms with Crippen LogP contribution in [0.15, 0.2) is 0 Å². The predicted octanol–water partition coefficient (Wildman–Crippen LogP) is 2.31. The van der Waals surface area contributed by atoms with E-state index >= 15 is 0 Å². The average Bonchev–Trinajstić information content (AvgIpc) is 2.60. The summed E-state index contributed by atoms with van der Waals surface area (Å²) < 4.78 is 6.97. The van der Waals surface area contributed by atoms with Crippen molar-refractivity contribution >= 4 is 11.6 Å². The number of nitrogens with zero attached hydrogens (tertiary/aromatic N) is 3. The Morgan fingerprint density at radius 2 is 2.07 bits per heavy atom. The second kappa shape index (κ2) is 6.80. The molecule has 5 heteroatoms. The van der Waals surface area contributed by atoms with Gasteiger partial charge in [0.2, 0.25) is 5.28 Å². The van der Waals surface area contributed by atoms with Crippen LogP contribution in [0.2, 0.25) is 5.28 Å². The van der Waals surface area contributed by atoms with Gasteiger partial charge in [-0.15, -0.1) is 10.2 Å². The number of ether oxygens (including phenoxy) is 1. The molecule has 0 fully saturated rings. The van der Waals surface area contributed by atoms with E-state index in [2.05, 4.69) is 17.1 Å². The van der Waals surface area contributed by atoms with Crippen LogP contribution in [0.5, 0.6) is 0 Å². The first kappa shape index (κ1) is 12.5. The summed E-state index contributed by atoms with van der Waals surface area (Å²) in [5.41, 5.74) is 0. The summed E-state index contributed by atoms with van der Waals surface area (Å²) >= 11 is 5.93. The number of aromatic nitrogens is 3. The number of halogens is 1. The fourth-order valence-electron chi connectivity index (χ4n) is 1.49. The minimum absolute atomic E-state index is 0.499. The summed E-state index contributed by atoms with van der Waals surface area (Å²) in [4.78, 5) is 0. The zero-order valence-electron chi connectivity index (χ0n) is 9.37. The van der Waals surface area contributed by atoms with E-state index in [9.17, 15) is 0 Å². The van der Waals surface area contributed by atoms with Gasteiger partial charge in [0.05, 0.1) is 0 Å². The summed E-state index contributed by atoms with van der Waals surface area (Å²) in [6.07, 6.45) is 4.20. The van der Waals surface area contributed by atoms with E-state index in [0.29, 0.717) is 5.28 Å². The Kier molecular flexibility index (Phi) is 5.65. The van der Waals surface area contributed by atoms with Crippen LogP contribution < -0.4 is 0 Å². The van der Waals surface area contributed by atoms with Crippen LogP contribution in [0.1, 0.15) is 32.0 Å².